The molecule has 4 aromatic rings. The molecule has 1 saturated heterocycles. The number of ether oxygens (including phenoxy) is 1. The highest BCUT2D eigenvalue weighted by atomic mass is 35.5. The molecule has 0 spiro atoms. The average Bonchev–Trinajstić information content (AvgIpc) is 3.53. The SMILES string of the molecule is N#Cc1cc(Cl)cc(Oc2c(Cl)ccc(CNC(=O)c3cc4cc(NC(=O)C5CCNCC5)ccc4[nH]3)c2F)c1.O=C(O)C(F)(F)F.O=C(O)C(F)(F)F. The second-order valence-corrected chi connectivity index (χ2v) is 11.9. The first kappa shape index (κ1) is 42.8. The highest BCUT2D eigenvalue weighted by Gasteiger charge is 2.39. The summed E-state index contributed by atoms with van der Waals surface area (Å²) in [5.74, 6) is -6.84. The zero-order valence-electron chi connectivity index (χ0n) is 27.1. The minimum atomic E-state index is -5.08. The maximum absolute atomic E-state index is 15.3. The molecule has 1 fully saturated rings. The van der Waals surface area contributed by atoms with Gasteiger partial charge in [0.1, 0.15) is 11.4 Å². The van der Waals surface area contributed by atoms with Gasteiger partial charge in [-0.15, -0.1) is 0 Å². The highest BCUT2D eigenvalue weighted by Crippen LogP contribution is 2.35. The molecule has 21 heteroatoms. The van der Waals surface area contributed by atoms with Gasteiger partial charge in [-0.25, -0.2) is 14.0 Å². The van der Waals surface area contributed by atoms with Crippen molar-refractivity contribution in [3.8, 4) is 17.6 Å². The standard InChI is InChI=1S/C29H24Cl2FN5O3.2C2HF3O2/c30-20-9-16(14-33)10-22(13-20)40-27-23(31)3-1-18(26(27)32)15-35-29(39)25-12-19-11-21(2-4-24(19)37-25)36-28(38)17-5-7-34-8-6-17;2*3-2(4,5)1(6)7/h1-4,9-13,17,34,37H,5-8,15H2,(H,35,39)(H,36,38);2*(H,6,7). The van der Waals surface area contributed by atoms with Gasteiger partial charge in [0.05, 0.1) is 16.7 Å². The summed E-state index contributed by atoms with van der Waals surface area (Å²) in [7, 11) is 0. The number of carbonyl (C=O) groups is 4. The predicted octanol–water partition coefficient (Wildman–Crippen LogP) is 7.41. The fourth-order valence-electron chi connectivity index (χ4n) is 4.54. The Morgan fingerprint density at radius 3 is 2.09 bits per heavy atom. The second kappa shape index (κ2) is 18.4. The first-order valence-corrected chi connectivity index (χ1v) is 15.8. The number of nitriles is 1. The molecule has 54 heavy (non-hydrogen) atoms. The summed E-state index contributed by atoms with van der Waals surface area (Å²) in [5.41, 5.74) is 2.05. The number of anilines is 1. The van der Waals surface area contributed by atoms with Gasteiger partial charge in [-0.3, -0.25) is 9.59 Å². The monoisotopic (exact) mass is 807 g/mol. The Kier molecular flexibility index (Phi) is 14.6. The van der Waals surface area contributed by atoms with E-state index in [0.29, 0.717) is 5.69 Å². The fourth-order valence-corrected chi connectivity index (χ4v) is 4.95. The Bertz CT molecular complexity index is 2040. The van der Waals surface area contributed by atoms with Gasteiger partial charge in [0.2, 0.25) is 5.91 Å². The third kappa shape index (κ3) is 12.5. The number of carbonyl (C=O) groups excluding carboxylic acids is 2. The maximum atomic E-state index is 15.3. The van der Waals surface area contributed by atoms with Crippen molar-refractivity contribution >= 4 is 63.5 Å². The molecule has 1 aliphatic rings. The minimum absolute atomic E-state index is 0.0106. The quantitative estimate of drug-likeness (QED) is 0.103. The maximum Gasteiger partial charge on any atom is 0.490 e. The van der Waals surface area contributed by atoms with Crippen molar-refractivity contribution in [3.05, 3.63) is 87.3 Å². The van der Waals surface area contributed by atoms with Crippen LogP contribution in [-0.2, 0) is 20.9 Å². The summed E-state index contributed by atoms with van der Waals surface area (Å²) in [5, 5.41) is 33.3. The molecule has 3 aromatic carbocycles. The van der Waals surface area contributed by atoms with Gasteiger partial charge in [0.15, 0.2) is 11.6 Å². The van der Waals surface area contributed by atoms with Crippen LogP contribution in [0.2, 0.25) is 10.0 Å². The number of rotatable bonds is 7. The lowest BCUT2D eigenvalue weighted by atomic mass is 9.97. The number of nitrogens with zero attached hydrogens (tertiary/aromatic N) is 1. The molecule has 0 aliphatic carbocycles. The minimum Gasteiger partial charge on any atom is -0.475 e. The van der Waals surface area contributed by atoms with E-state index in [1.807, 2.05) is 6.07 Å². The van der Waals surface area contributed by atoms with Gasteiger partial charge in [-0.1, -0.05) is 29.3 Å². The molecular weight excluding hydrogens is 782 g/mol. The van der Waals surface area contributed by atoms with Gasteiger partial charge >= 0.3 is 24.3 Å². The third-order valence-electron chi connectivity index (χ3n) is 7.12. The number of amides is 2. The van der Waals surface area contributed by atoms with E-state index in [0.717, 1.165) is 36.8 Å². The number of carboxylic acids is 2. The lowest BCUT2D eigenvalue weighted by Crippen LogP contribution is -2.34. The van der Waals surface area contributed by atoms with Crippen molar-refractivity contribution in [2.75, 3.05) is 18.4 Å². The third-order valence-corrected chi connectivity index (χ3v) is 7.63. The zero-order valence-corrected chi connectivity index (χ0v) is 28.6. The predicted molar refractivity (Wildman–Crippen MR) is 179 cm³/mol. The van der Waals surface area contributed by atoms with Crippen LogP contribution < -0.4 is 20.7 Å². The number of aliphatic carboxylic acids is 2. The molecule has 0 radical (unpaired) electrons. The van der Waals surface area contributed by atoms with Crippen LogP contribution in [0.1, 0.15) is 34.5 Å². The van der Waals surface area contributed by atoms with E-state index in [1.165, 1.54) is 30.3 Å². The summed E-state index contributed by atoms with van der Waals surface area (Å²) in [6.45, 7) is 1.52. The summed E-state index contributed by atoms with van der Waals surface area (Å²) in [6.07, 6.45) is -8.57. The number of aromatic amines is 1. The molecule has 5 rings (SSSR count). The van der Waals surface area contributed by atoms with Crippen molar-refractivity contribution in [1.29, 1.82) is 5.26 Å². The van der Waals surface area contributed by atoms with Crippen LogP contribution in [0.5, 0.6) is 11.5 Å². The van der Waals surface area contributed by atoms with Crippen molar-refractivity contribution < 1.29 is 64.9 Å². The zero-order chi connectivity index (χ0) is 40.4. The van der Waals surface area contributed by atoms with Gasteiger partial charge in [0.25, 0.3) is 5.91 Å². The molecular formula is C33H26Cl2F7N5O7. The lowest BCUT2D eigenvalue weighted by Gasteiger charge is -2.21. The Morgan fingerprint density at radius 1 is 0.907 bits per heavy atom. The summed E-state index contributed by atoms with van der Waals surface area (Å²) in [6, 6.07) is 16.2. The number of benzene rings is 3. The number of fused-ring (bicyclic) bond motifs is 1. The fraction of sp³-hybridized carbons (Fsp3) is 0.242. The molecule has 2 amide bonds. The Balaban J connectivity index is 0.000000476. The second-order valence-electron chi connectivity index (χ2n) is 11.0. The Morgan fingerprint density at radius 2 is 1.52 bits per heavy atom. The normalized spacial score (nSPS) is 13.0. The number of hydrogen-bond acceptors (Lipinski definition) is 7. The number of nitrogens with one attached hydrogen (secondary N) is 4. The largest absolute Gasteiger partial charge is 0.490 e. The molecule has 12 nitrogen and oxygen atoms in total. The van der Waals surface area contributed by atoms with Crippen molar-refractivity contribution in [2.24, 2.45) is 5.92 Å². The molecule has 0 bridgehead atoms. The number of carboxylic acid groups (broad SMARTS) is 2. The van der Waals surface area contributed by atoms with E-state index in [9.17, 15) is 35.9 Å². The van der Waals surface area contributed by atoms with E-state index < -0.39 is 36.0 Å². The van der Waals surface area contributed by atoms with Gasteiger partial charge in [-0.05, 0) is 74.5 Å². The number of hydrogen-bond donors (Lipinski definition) is 6. The van der Waals surface area contributed by atoms with E-state index in [2.05, 4.69) is 20.9 Å². The van der Waals surface area contributed by atoms with E-state index in [1.54, 1.807) is 24.3 Å². The number of aromatic nitrogens is 1. The van der Waals surface area contributed by atoms with Crippen LogP contribution in [0.25, 0.3) is 10.9 Å². The van der Waals surface area contributed by atoms with E-state index in [4.69, 9.17) is 53.0 Å². The van der Waals surface area contributed by atoms with Crippen LogP contribution in [-0.4, -0.2) is 64.4 Å². The molecule has 0 unspecified atom stereocenters. The van der Waals surface area contributed by atoms with E-state index in [-0.39, 0.29) is 56.7 Å². The molecule has 2 heterocycles. The average molecular weight is 808 g/mol. The van der Waals surface area contributed by atoms with Crippen LogP contribution in [0, 0.1) is 23.1 Å². The number of halogens is 9. The first-order chi connectivity index (χ1) is 25.2. The van der Waals surface area contributed by atoms with E-state index >= 15 is 4.39 Å². The highest BCUT2D eigenvalue weighted by molar-refractivity contribution is 6.32. The van der Waals surface area contributed by atoms with Crippen molar-refractivity contribution in [1.82, 2.24) is 15.6 Å². The van der Waals surface area contributed by atoms with Crippen LogP contribution in [0.4, 0.5) is 36.4 Å². The molecule has 1 aliphatic heterocycles. The number of alkyl halides is 6. The Labute approximate surface area is 309 Å². The summed E-state index contributed by atoms with van der Waals surface area (Å²) >= 11 is 12.2. The van der Waals surface area contributed by atoms with Crippen molar-refractivity contribution in [2.45, 2.75) is 31.7 Å². The number of H-pyrrole nitrogens is 1. The smallest absolute Gasteiger partial charge is 0.475 e. The molecule has 0 atom stereocenters. The van der Waals surface area contributed by atoms with Gasteiger partial charge in [0, 0.05) is 39.6 Å². The molecule has 288 valence electrons. The lowest BCUT2D eigenvalue weighted by molar-refractivity contribution is -0.193. The van der Waals surface area contributed by atoms with Crippen molar-refractivity contribution in [3.63, 3.8) is 0 Å². The topological polar surface area (TPSA) is 194 Å². The molecule has 0 saturated carbocycles. The first-order valence-electron chi connectivity index (χ1n) is 15.1. The van der Waals surface area contributed by atoms with Crippen LogP contribution >= 0.6 is 23.2 Å². The summed E-state index contributed by atoms with van der Waals surface area (Å²) in [4.78, 5) is 46.3. The van der Waals surface area contributed by atoms with Gasteiger partial charge < -0.3 is 35.9 Å². The molecule has 1 aromatic heterocycles. The Hall–Kier alpha value is -5.58. The molecule has 6 N–H and O–H groups in total. The summed E-state index contributed by atoms with van der Waals surface area (Å²) < 4.78 is 84.4. The number of piperidine rings is 1. The van der Waals surface area contributed by atoms with Gasteiger partial charge in [-0.2, -0.15) is 31.6 Å². The van der Waals surface area contributed by atoms with Crippen LogP contribution in [0.15, 0.2) is 54.6 Å². The van der Waals surface area contributed by atoms with Crippen LogP contribution in [0.3, 0.4) is 0 Å².